The maximum Gasteiger partial charge on any atom is 0.315 e. The van der Waals surface area contributed by atoms with Crippen molar-refractivity contribution in [2.75, 3.05) is 19.6 Å². The largest absolute Gasteiger partial charge is 0.351 e. The van der Waals surface area contributed by atoms with Crippen LogP contribution in [-0.2, 0) is 0 Å². The van der Waals surface area contributed by atoms with Crippen LogP contribution in [0, 0.1) is 0 Å². The van der Waals surface area contributed by atoms with Crippen molar-refractivity contribution in [2.45, 2.75) is 25.8 Å². The molecule has 4 heteroatoms. The van der Waals surface area contributed by atoms with E-state index in [4.69, 9.17) is 5.73 Å². The molecule has 2 amide bonds. The molecule has 70 valence electrons. The maximum absolute atomic E-state index is 11.0. The minimum atomic E-state index is -0.300. The van der Waals surface area contributed by atoms with E-state index in [9.17, 15) is 4.79 Å². The number of piperidine rings is 1. The van der Waals surface area contributed by atoms with Crippen LogP contribution in [-0.4, -0.2) is 36.6 Å². The number of likely N-dealkylation sites (N-methyl/N-ethyl adjacent to an activating group) is 1. The van der Waals surface area contributed by atoms with Crippen LogP contribution in [0.2, 0.25) is 0 Å². The molecule has 0 bridgehead atoms. The molecule has 1 aliphatic rings. The molecule has 1 heterocycles. The predicted molar refractivity (Wildman–Crippen MR) is 47.9 cm³/mol. The minimum absolute atomic E-state index is 0.300. The van der Waals surface area contributed by atoms with Crippen molar-refractivity contribution in [3.8, 4) is 0 Å². The number of hydrogen-bond acceptors (Lipinski definition) is 2. The van der Waals surface area contributed by atoms with Gasteiger partial charge < -0.3 is 16.0 Å². The molecule has 3 N–H and O–H groups in total. The number of nitrogens with one attached hydrogen (secondary N) is 1. The monoisotopic (exact) mass is 171 g/mol. The number of nitrogens with two attached hydrogens (primary N) is 1. The van der Waals surface area contributed by atoms with E-state index in [-0.39, 0.29) is 6.03 Å². The van der Waals surface area contributed by atoms with Crippen molar-refractivity contribution < 1.29 is 4.79 Å². The van der Waals surface area contributed by atoms with E-state index >= 15 is 0 Å². The molecule has 1 aliphatic heterocycles. The fraction of sp³-hybridized carbons (Fsp3) is 0.875. The number of carbonyl (C=O) groups is 1. The van der Waals surface area contributed by atoms with Gasteiger partial charge in [-0.25, -0.2) is 4.79 Å². The first kappa shape index (κ1) is 9.32. The van der Waals surface area contributed by atoms with Crippen LogP contribution in [0.25, 0.3) is 0 Å². The molecule has 1 unspecified atom stereocenters. The second-order valence-electron chi connectivity index (χ2n) is 3.12. The fourth-order valence-electron chi connectivity index (χ4n) is 1.69. The summed E-state index contributed by atoms with van der Waals surface area (Å²) in [5.74, 6) is 0. The first-order valence-electron chi connectivity index (χ1n) is 4.52. The molecule has 0 saturated carbocycles. The van der Waals surface area contributed by atoms with E-state index in [0.29, 0.717) is 12.6 Å². The summed E-state index contributed by atoms with van der Waals surface area (Å²) >= 11 is 0. The van der Waals surface area contributed by atoms with Gasteiger partial charge in [0.25, 0.3) is 0 Å². The number of carbonyl (C=O) groups excluding carboxylic acids is 1. The van der Waals surface area contributed by atoms with Gasteiger partial charge in [0.2, 0.25) is 0 Å². The molecule has 12 heavy (non-hydrogen) atoms. The van der Waals surface area contributed by atoms with Gasteiger partial charge in [0.05, 0.1) is 0 Å². The topological polar surface area (TPSA) is 58.4 Å². The Morgan fingerprint density at radius 1 is 1.75 bits per heavy atom. The molecule has 1 atom stereocenters. The number of primary amides is 1. The number of hydrogen-bond donors (Lipinski definition) is 2. The van der Waals surface area contributed by atoms with E-state index in [1.165, 1.54) is 0 Å². The molecule has 4 nitrogen and oxygen atoms in total. The van der Waals surface area contributed by atoms with E-state index in [1.54, 1.807) is 4.90 Å². The zero-order valence-corrected chi connectivity index (χ0v) is 7.55. The summed E-state index contributed by atoms with van der Waals surface area (Å²) in [6, 6.07) is 0.00690. The number of rotatable bonds is 2. The van der Waals surface area contributed by atoms with Gasteiger partial charge in [-0.15, -0.1) is 0 Å². The summed E-state index contributed by atoms with van der Waals surface area (Å²) in [6.45, 7) is 4.62. The summed E-state index contributed by atoms with van der Waals surface area (Å²) in [7, 11) is 0. The highest BCUT2D eigenvalue weighted by molar-refractivity contribution is 5.72. The third-order valence-corrected chi connectivity index (χ3v) is 2.34. The molecule has 0 aliphatic carbocycles. The summed E-state index contributed by atoms with van der Waals surface area (Å²) in [5.41, 5.74) is 5.24. The normalized spacial score (nSPS) is 23.6. The third-order valence-electron chi connectivity index (χ3n) is 2.34. The number of urea groups is 1. The van der Waals surface area contributed by atoms with Gasteiger partial charge in [-0.3, -0.25) is 0 Å². The van der Waals surface area contributed by atoms with Crippen LogP contribution in [0.5, 0.6) is 0 Å². The molecular weight excluding hydrogens is 154 g/mol. The maximum atomic E-state index is 11.0. The molecule has 0 radical (unpaired) electrons. The fourth-order valence-corrected chi connectivity index (χ4v) is 1.69. The van der Waals surface area contributed by atoms with Gasteiger partial charge in [-0.2, -0.15) is 0 Å². The number of nitrogens with zero attached hydrogens (tertiary/aromatic N) is 1. The van der Waals surface area contributed by atoms with Crippen LogP contribution in [0.1, 0.15) is 19.8 Å². The van der Waals surface area contributed by atoms with Crippen LogP contribution < -0.4 is 11.1 Å². The Morgan fingerprint density at radius 3 is 2.92 bits per heavy atom. The lowest BCUT2D eigenvalue weighted by Crippen LogP contribution is -2.50. The quantitative estimate of drug-likeness (QED) is 0.621. The summed E-state index contributed by atoms with van der Waals surface area (Å²) < 4.78 is 0. The highest BCUT2D eigenvalue weighted by Crippen LogP contribution is 2.09. The Hall–Kier alpha value is -0.770. The molecule has 0 aromatic heterocycles. The van der Waals surface area contributed by atoms with Gasteiger partial charge in [0.1, 0.15) is 0 Å². The zero-order valence-electron chi connectivity index (χ0n) is 7.55. The highest BCUT2D eigenvalue weighted by Gasteiger charge is 2.21. The van der Waals surface area contributed by atoms with Crippen molar-refractivity contribution in [3.63, 3.8) is 0 Å². The van der Waals surface area contributed by atoms with Crippen LogP contribution in [0.3, 0.4) is 0 Å². The van der Waals surface area contributed by atoms with E-state index in [0.717, 1.165) is 25.9 Å². The van der Waals surface area contributed by atoms with E-state index < -0.39 is 0 Å². The third kappa shape index (κ3) is 2.11. The molecule has 1 saturated heterocycles. The van der Waals surface area contributed by atoms with Gasteiger partial charge in [-0.05, 0) is 26.3 Å². The number of amides is 2. The molecule has 0 aromatic carbocycles. The summed E-state index contributed by atoms with van der Waals surface area (Å²) in [5, 5.41) is 3.26. The lowest BCUT2D eigenvalue weighted by Gasteiger charge is -2.32. The molecule has 0 spiro atoms. The van der Waals surface area contributed by atoms with Gasteiger partial charge in [0.15, 0.2) is 0 Å². The predicted octanol–water partition coefficient (Wildman–Crippen LogP) is 0.139. The Labute approximate surface area is 73.1 Å². The Balaban J connectivity index is 2.46. The van der Waals surface area contributed by atoms with Crippen LogP contribution in [0.4, 0.5) is 4.79 Å². The zero-order chi connectivity index (χ0) is 8.97. The highest BCUT2D eigenvalue weighted by atomic mass is 16.2. The lowest BCUT2D eigenvalue weighted by atomic mass is 10.1. The van der Waals surface area contributed by atoms with Crippen LogP contribution in [0.15, 0.2) is 0 Å². The average molecular weight is 171 g/mol. The Kier molecular flexibility index (Phi) is 3.34. The summed E-state index contributed by atoms with van der Waals surface area (Å²) in [4.78, 5) is 12.7. The van der Waals surface area contributed by atoms with Crippen molar-refractivity contribution in [2.24, 2.45) is 5.73 Å². The SMILES string of the molecule is CCN(C(N)=O)C1CCCNC1. The lowest BCUT2D eigenvalue weighted by molar-refractivity contribution is 0.173. The van der Waals surface area contributed by atoms with Crippen molar-refractivity contribution in [1.82, 2.24) is 10.2 Å². The molecule has 1 fully saturated rings. The minimum Gasteiger partial charge on any atom is -0.351 e. The van der Waals surface area contributed by atoms with Gasteiger partial charge >= 0.3 is 6.03 Å². The Bertz CT molecular complexity index is 154. The van der Waals surface area contributed by atoms with Crippen molar-refractivity contribution in [3.05, 3.63) is 0 Å². The molecule has 0 aromatic rings. The van der Waals surface area contributed by atoms with E-state index in [1.807, 2.05) is 6.92 Å². The Morgan fingerprint density at radius 2 is 2.50 bits per heavy atom. The second kappa shape index (κ2) is 4.30. The average Bonchev–Trinajstić information content (AvgIpc) is 2.07. The summed E-state index contributed by atoms with van der Waals surface area (Å²) in [6.07, 6.45) is 2.21. The standard InChI is InChI=1S/C8H17N3O/c1-2-11(8(9)12)7-4-3-5-10-6-7/h7,10H,2-6H2,1H3,(H2,9,12). The van der Waals surface area contributed by atoms with Crippen molar-refractivity contribution >= 4 is 6.03 Å². The van der Waals surface area contributed by atoms with E-state index in [2.05, 4.69) is 5.32 Å². The molecule has 1 rings (SSSR count). The second-order valence-corrected chi connectivity index (χ2v) is 3.12. The first-order chi connectivity index (χ1) is 5.75. The smallest absolute Gasteiger partial charge is 0.315 e. The molecular formula is C8H17N3O. The van der Waals surface area contributed by atoms with Gasteiger partial charge in [0, 0.05) is 19.1 Å². The van der Waals surface area contributed by atoms with Crippen molar-refractivity contribution in [1.29, 1.82) is 0 Å². The van der Waals surface area contributed by atoms with Gasteiger partial charge in [-0.1, -0.05) is 0 Å². The van der Waals surface area contributed by atoms with Crippen LogP contribution >= 0.6 is 0 Å². The first-order valence-corrected chi connectivity index (χ1v) is 4.52.